The van der Waals surface area contributed by atoms with E-state index in [9.17, 15) is 18.0 Å². The molecule has 3 rings (SSSR count). The molecule has 0 aliphatic heterocycles. The zero-order valence-corrected chi connectivity index (χ0v) is 14.9. The topological polar surface area (TPSA) is 108 Å². The van der Waals surface area contributed by atoms with Crippen molar-refractivity contribution in [3.63, 3.8) is 0 Å². The van der Waals surface area contributed by atoms with E-state index in [2.05, 4.69) is 9.46 Å². The molecule has 0 radical (unpaired) electrons. The van der Waals surface area contributed by atoms with Crippen LogP contribution in [0.4, 0.5) is 5.69 Å². The molecule has 0 amide bonds. The first kappa shape index (κ1) is 17.7. The molecule has 0 aliphatic rings. The number of rotatable bonds is 5. The van der Waals surface area contributed by atoms with E-state index in [4.69, 9.17) is 4.42 Å². The fourth-order valence-corrected chi connectivity index (χ4v) is 3.62. The summed E-state index contributed by atoms with van der Waals surface area (Å²) >= 11 is 0. The number of hydrogen-bond donors (Lipinski definition) is 1. The Hall–Kier alpha value is -3.07. The summed E-state index contributed by atoms with van der Waals surface area (Å²) in [6.45, 7) is 2.20. The van der Waals surface area contributed by atoms with E-state index in [1.807, 2.05) is 0 Å². The number of nitrogens with one attached hydrogen (secondary N) is 1. The number of carbonyl (C=O) groups is 1. The number of aromatic nitrogens is 1. The van der Waals surface area contributed by atoms with Crippen molar-refractivity contribution in [2.45, 2.75) is 18.4 Å². The first-order valence-electron chi connectivity index (χ1n) is 7.70. The molecule has 9 heteroatoms. The first-order chi connectivity index (χ1) is 12.4. The summed E-state index contributed by atoms with van der Waals surface area (Å²) in [5.41, 5.74) is 1.13. The van der Waals surface area contributed by atoms with Crippen molar-refractivity contribution in [3.05, 3.63) is 58.6 Å². The fourth-order valence-electron chi connectivity index (χ4n) is 2.55. The fraction of sp³-hybridized carbons (Fsp3) is 0.176. The van der Waals surface area contributed by atoms with E-state index >= 15 is 0 Å². The Bertz CT molecular complexity index is 1140. The van der Waals surface area contributed by atoms with Crippen LogP contribution in [0.3, 0.4) is 0 Å². The van der Waals surface area contributed by atoms with Crippen molar-refractivity contribution < 1.29 is 22.4 Å². The Morgan fingerprint density at radius 2 is 2.00 bits per heavy atom. The van der Waals surface area contributed by atoms with Crippen molar-refractivity contribution in [1.82, 2.24) is 4.57 Å². The molecule has 3 aromatic rings. The summed E-state index contributed by atoms with van der Waals surface area (Å²) in [4.78, 5) is 23.2. The maximum atomic E-state index is 12.6. The van der Waals surface area contributed by atoms with Gasteiger partial charge >= 0.3 is 11.7 Å². The Morgan fingerprint density at radius 3 is 2.69 bits per heavy atom. The van der Waals surface area contributed by atoms with Gasteiger partial charge in [0, 0.05) is 18.3 Å². The van der Waals surface area contributed by atoms with E-state index in [1.54, 1.807) is 6.92 Å². The number of benzene rings is 2. The smallest absolute Gasteiger partial charge is 0.419 e. The van der Waals surface area contributed by atoms with Crippen LogP contribution in [-0.2, 0) is 21.3 Å². The van der Waals surface area contributed by atoms with Gasteiger partial charge in [0.05, 0.1) is 23.1 Å². The molecule has 0 aliphatic carbocycles. The SMILES string of the molecule is CCn1c(=O)oc2cc(S(=O)(=O)Nc3cccc(C(=O)OC)c3)ccc21. The Balaban J connectivity index is 1.97. The van der Waals surface area contributed by atoms with Gasteiger partial charge in [-0.3, -0.25) is 9.29 Å². The monoisotopic (exact) mass is 376 g/mol. The van der Waals surface area contributed by atoms with Crippen LogP contribution in [0.2, 0.25) is 0 Å². The standard InChI is InChI=1S/C17H16N2O6S/c1-3-19-14-8-7-13(10-15(14)25-17(19)21)26(22,23)18-12-6-4-5-11(9-12)16(20)24-2/h4-10,18H,3H2,1-2H3. The summed E-state index contributed by atoms with van der Waals surface area (Å²) < 4.78 is 38.7. The molecule has 0 bridgehead atoms. The van der Waals surface area contributed by atoms with E-state index in [-0.39, 0.29) is 21.7 Å². The van der Waals surface area contributed by atoms with Crippen LogP contribution in [0, 0.1) is 0 Å². The molecule has 8 nitrogen and oxygen atoms in total. The molecule has 1 N–H and O–H groups in total. The third kappa shape index (κ3) is 3.21. The predicted octanol–water partition coefficient (Wildman–Crippen LogP) is 2.20. The van der Waals surface area contributed by atoms with Gasteiger partial charge < -0.3 is 9.15 Å². The lowest BCUT2D eigenvalue weighted by Crippen LogP contribution is -2.14. The highest BCUT2D eigenvalue weighted by atomic mass is 32.2. The van der Waals surface area contributed by atoms with Gasteiger partial charge in [-0.2, -0.15) is 0 Å². The Labute approximate surface area is 149 Å². The molecule has 1 heterocycles. The first-order valence-corrected chi connectivity index (χ1v) is 9.18. The van der Waals surface area contributed by atoms with E-state index in [0.717, 1.165) is 0 Å². The number of methoxy groups -OCH3 is 1. The molecule has 0 spiro atoms. The molecule has 0 saturated carbocycles. The van der Waals surface area contributed by atoms with Crippen LogP contribution in [-0.4, -0.2) is 26.1 Å². The second kappa shape index (κ2) is 6.68. The maximum Gasteiger partial charge on any atom is 0.419 e. The second-order valence-electron chi connectivity index (χ2n) is 5.42. The molecular weight excluding hydrogens is 360 g/mol. The molecule has 0 unspecified atom stereocenters. The van der Waals surface area contributed by atoms with Gasteiger partial charge in [-0.25, -0.2) is 18.0 Å². The number of hydrogen-bond acceptors (Lipinski definition) is 6. The summed E-state index contributed by atoms with van der Waals surface area (Å²) in [7, 11) is -2.70. The summed E-state index contributed by atoms with van der Waals surface area (Å²) in [6.07, 6.45) is 0. The van der Waals surface area contributed by atoms with Gasteiger partial charge in [-0.1, -0.05) is 6.07 Å². The van der Waals surface area contributed by atoms with Crippen LogP contribution < -0.4 is 10.5 Å². The normalized spacial score (nSPS) is 11.5. The van der Waals surface area contributed by atoms with Crippen molar-refractivity contribution >= 4 is 32.8 Å². The number of nitrogens with zero attached hydrogens (tertiary/aromatic N) is 1. The number of sulfonamides is 1. The third-order valence-electron chi connectivity index (χ3n) is 3.80. The average Bonchev–Trinajstić information content (AvgIpc) is 2.94. The average molecular weight is 376 g/mol. The van der Waals surface area contributed by atoms with Gasteiger partial charge in [-0.15, -0.1) is 0 Å². The lowest BCUT2D eigenvalue weighted by molar-refractivity contribution is 0.0600. The van der Waals surface area contributed by atoms with Gasteiger partial charge in [-0.05, 0) is 37.3 Å². The highest BCUT2D eigenvalue weighted by molar-refractivity contribution is 7.92. The lowest BCUT2D eigenvalue weighted by atomic mass is 10.2. The van der Waals surface area contributed by atoms with Crippen molar-refractivity contribution in [1.29, 1.82) is 0 Å². The largest absolute Gasteiger partial charge is 0.465 e. The maximum absolute atomic E-state index is 12.6. The minimum atomic E-state index is -3.94. The highest BCUT2D eigenvalue weighted by Gasteiger charge is 2.18. The van der Waals surface area contributed by atoms with E-state index in [1.165, 1.54) is 54.1 Å². The van der Waals surface area contributed by atoms with Crippen molar-refractivity contribution in [2.24, 2.45) is 0 Å². The van der Waals surface area contributed by atoms with Crippen LogP contribution in [0.5, 0.6) is 0 Å². The Morgan fingerprint density at radius 1 is 1.23 bits per heavy atom. The second-order valence-corrected chi connectivity index (χ2v) is 7.10. The molecule has 2 aromatic carbocycles. The molecular formula is C17H16N2O6S. The molecule has 0 atom stereocenters. The van der Waals surface area contributed by atoms with Gasteiger partial charge in [0.25, 0.3) is 10.0 Å². The zero-order chi connectivity index (χ0) is 18.9. The minimum absolute atomic E-state index is 0.0644. The van der Waals surface area contributed by atoms with E-state index in [0.29, 0.717) is 12.1 Å². The number of anilines is 1. The third-order valence-corrected chi connectivity index (χ3v) is 5.18. The number of ether oxygens (including phenoxy) is 1. The Kier molecular flexibility index (Phi) is 4.56. The quantitative estimate of drug-likeness (QED) is 0.684. The summed E-state index contributed by atoms with van der Waals surface area (Å²) in [5.74, 6) is -1.12. The molecule has 0 saturated heterocycles. The van der Waals surface area contributed by atoms with Crippen LogP contribution in [0.25, 0.3) is 11.1 Å². The number of fused-ring (bicyclic) bond motifs is 1. The zero-order valence-electron chi connectivity index (χ0n) is 14.1. The van der Waals surface area contributed by atoms with Crippen LogP contribution in [0.15, 0.2) is 56.6 Å². The van der Waals surface area contributed by atoms with Gasteiger partial charge in [0.15, 0.2) is 5.58 Å². The molecule has 136 valence electrons. The lowest BCUT2D eigenvalue weighted by Gasteiger charge is -2.09. The van der Waals surface area contributed by atoms with Gasteiger partial charge in [0.1, 0.15) is 0 Å². The number of esters is 1. The van der Waals surface area contributed by atoms with E-state index < -0.39 is 21.7 Å². The van der Waals surface area contributed by atoms with Crippen LogP contribution >= 0.6 is 0 Å². The van der Waals surface area contributed by atoms with Crippen molar-refractivity contribution in [2.75, 3.05) is 11.8 Å². The number of aryl methyl sites for hydroxylation is 1. The molecule has 1 aromatic heterocycles. The summed E-state index contributed by atoms with van der Waals surface area (Å²) in [6, 6.07) is 10.1. The highest BCUT2D eigenvalue weighted by Crippen LogP contribution is 2.22. The number of carbonyl (C=O) groups excluding carboxylic acids is 1. The minimum Gasteiger partial charge on any atom is -0.465 e. The molecule has 0 fully saturated rings. The van der Waals surface area contributed by atoms with Crippen LogP contribution in [0.1, 0.15) is 17.3 Å². The molecule has 26 heavy (non-hydrogen) atoms. The summed E-state index contributed by atoms with van der Waals surface area (Å²) in [5, 5.41) is 0. The predicted molar refractivity (Wildman–Crippen MR) is 94.7 cm³/mol. The number of oxazole rings is 1. The van der Waals surface area contributed by atoms with Gasteiger partial charge in [0.2, 0.25) is 0 Å². The van der Waals surface area contributed by atoms with Crippen molar-refractivity contribution in [3.8, 4) is 0 Å².